The Hall–Kier alpha value is 1.84. The molecule has 0 fully saturated rings. The Morgan fingerprint density at radius 3 is 1.52 bits per heavy atom. The van der Waals surface area contributed by atoms with Crippen LogP contribution < -0.4 is 109 Å². The van der Waals surface area contributed by atoms with Crippen molar-refractivity contribution in [3.63, 3.8) is 0 Å². The molecule has 0 saturated carbocycles. The van der Waals surface area contributed by atoms with Crippen LogP contribution in [0.2, 0.25) is 0 Å². The van der Waals surface area contributed by atoms with Gasteiger partial charge in [0.05, 0.1) is 0 Å². The van der Waals surface area contributed by atoms with Crippen LogP contribution in [0.5, 0.6) is 0 Å². The number of carbonyl (C=O) groups excluding carboxylic acids is 2. The molecule has 1 unspecified atom stereocenters. The van der Waals surface area contributed by atoms with Crippen molar-refractivity contribution in [1.29, 1.82) is 0 Å². The summed E-state index contributed by atoms with van der Waals surface area (Å²) in [5, 5.41) is 8.55. The van der Waals surface area contributed by atoms with Gasteiger partial charge in [0.25, 0.3) is 0 Å². The SMILES string of the molecule is CCCCCCCCCCCCCCCCCC(=O)OC(=O)C(N)CCC(=O)O.[H-].[H-].[K+].[K+]. The minimum atomic E-state index is -1.06. The Morgan fingerprint density at radius 1 is 0.742 bits per heavy atom. The molecule has 0 aromatic rings. The predicted octanol–water partition coefficient (Wildman–Crippen LogP) is -0.257. The molecular formula is C23H45K2NO5. The Kier molecular flexibility index (Phi) is 33.9. The van der Waals surface area contributed by atoms with Gasteiger partial charge in [0.2, 0.25) is 0 Å². The molecule has 1 atom stereocenters. The molecule has 31 heavy (non-hydrogen) atoms. The fourth-order valence-electron chi connectivity index (χ4n) is 3.28. The third kappa shape index (κ3) is 28.0. The fraction of sp³-hybridized carbons (Fsp3) is 0.870. The molecule has 0 heterocycles. The summed E-state index contributed by atoms with van der Waals surface area (Å²) < 4.78 is 4.67. The second-order valence-electron chi connectivity index (χ2n) is 8.03. The molecule has 0 aromatic carbocycles. The Morgan fingerprint density at radius 2 is 1.13 bits per heavy atom. The van der Waals surface area contributed by atoms with E-state index in [0.29, 0.717) is 6.42 Å². The molecule has 0 spiro atoms. The third-order valence-electron chi connectivity index (χ3n) is 5.17. The third-order valence-corrected chi connectivity index (χ3v) is 5.17. The van der Waals surface area contributed by atoms with E-state index < -0.39 is 23.9 Å². The fourth-order valence-corrected chi connectivity index (χ4v) is 3.28. The van der Waals surface area contributed by atoms with E-state index in [1.54, 1.807) is 0 Å². The van der Waals surface area contributed by atoms with Gasteiger partial charge in [-0.1, -0.05) is 96.8 Å². The first-order valence-electron chi connectivity index (χ1n) is 11.7. The van der Waals surface area contributed by atoms with E-state index in [-0.39, 0.29) is 125 Å². The second-order valence-corrected chi connectivity index (χ2v) is 8.03. The van der Waals surface area contributed by atoms with Crippen LogP contribution in [0.25, 0.3) is 0 Å². The van der Waals surface area contributed by atoms with Crippen molar-refractivity contribution in [2.45, 2.75) is 129 Å². The minimum Gasteiger partial charge on any atom is -1.00 e. The average molecular weight is 494 g/mol. The summed E-state index contributed by atoms with van der Waals surface area (Å²) in [7, 11) is 0. The van der Waals surface area contributed by atoms with Crippen LogP contribution in [0.1, 0.15) is 125 Å². The van der Waals surface area contributed by atoms with Crippen molar-refractivity contribution in [3.05, 3.63) is 0 Å². The van der Waals surface area contributed by atoms with Crippen molar-refractivity contribution in [1.82, 2.24) is 0 Å². The number of hydrogen-bond donors (Lipinski definition) is 2. The maximum atomic E-state index is 11.6. The van der Waals surface area contributed by atoms with Crippen molar-refractivity contribution >= 4 is 17.9 Å². The molecule has 0 bridgehead atoms. The zero-order valence-electron chi connectivity index (χ0n) is 22.5. The van der Waals surface area contributed by atoms with E-state index >= 15 is 0 Å². The smallest absolute Gasteiger partial charge is 1.00 e. The molecule has 0 aliphatic carbocycles. The number of carbonyl (C=O) groups is 3. The van der Waals surface area contributed by atoms with Crippen LogP contribution in [0.15, 0.2) is 0 Å². The van der Waals surface area contributed by atoms with Gasteiger partial charge < -0.3 is 18.4 Å². The van der Waals surface area contributed by atoms with E-state index in [4.69, 9.17) is 10.8 Å². The number of unbranched alkanes of at least 4 members (excludes halogenated alkanes) is 14. The minimum absolute atomic E-state index is 0. The first-order chi connectivity index (χ1) is 14.0. The van der Waals surface area contributed by atoms with E-state index in [0.717, 1.165) is 12.8 Å². The Bertz CT molecular complexity index is 461. The number of nitrogens with two attached hydrogens (primary N) is 1. The summed E-state index contributed by atoms with van der Waals surface area (Å²) >= 11 is 0. The quantitative estimate of drug-likeness (QED) is 0.105. The molecule has 0 aliphatic heterocycles. The van der Waals surface area contributed by atoms with Gasteiger partial charge in [-0.2, -0.15) is 0 Å². The zero-order valence-corrected chi connectivity index (χ0v) is 26.7. The molecule has 0 aromatic heterocycles. The summed E-state index contributed by atoms with van der Waals surface area (Å²) in [6, 6.07) is -1.06. The van der Waals surface area contributed by atoms with Gasteiger partial charge in [0.1, 0.15) is 6.04 Å². The standard InChI is InChI=1S/C23H43NO5.2K.2H/c1-2-3-4-5-6-7-8-9-10-11-12-13-14-15-16-17-22(27)29-23(28)20(24)18-19-21(25)26;;;;/h20H,2-19,24H2,1H3,(H,25,26);;;;/q;2*+1;2*-1. The van der Waals surface area contributed by atoms with E-state index in [2.05, 4.69) is 11.7 Å². The Balaban J connectivity index is -0.000000653. The Labute approximate surface area is 277 Å². The van der Waals surface area contributed by atoms with Crippen LogP contribution >= 0.6 is 0 Å². The summed E-state index contributed by atoms with van der Waals surface area (Å²) in [6.45, 7) is 2.25. The molecular weight excluding hydrogens is 448 g/mol. The van der Waals surface area contributed by atoms with Crippen molar-refractivity contribution < 1.29 is 130 Å². The van der Waals surface area contributed by atoms with Crippen molar-refractivity contribution in [2.24, 2.45) is 5.73 Å². The average Bonchev–Trinajstić information content (AvgIpc) is 2.68. The number of carboxylic acids is 1. The van der Waals surface area contributed by atoms with Gasteiger partial charge in [-0.3, -0.25) is 9.59 Å². The summed E-state index contributed by atoms with van der Waals surface area (Å²) in [5.74, 6) is -2.44. The first kappa shape index (κ1) is 37.4. The molecule has 3 N–H and O–H groups in total. The van der Waals surface area contributed by atoms with E-state index in [1.807, 2.05) is 0 Å². The second kappa shape index (κ2) is 28.1. The number of aliphatic carboxylic acids is 1. The van der Waals surface area contributed by atoms with Crippen LogP contribution in [0.3, 0.4) is 0 Å². The molecule has 0 rings (SSSR count). The van der Waals surface area contributed by atoms with Crippen molar-refractivity contribution in [3.8, 4) is 0 Å². The van der Waals surface area contributed by atoms with Crippen LogP contribution in [0, 0.1) is 0 Å². The largest absolute Gasteiger partial charge is 1.00 e. The molecule has 0 saturated heterocycles. The summed E-state index contributed by atoms with van der Waals surface area (Å²) in [6.07, 6.45) is 18.7. The molecule has 6 nitrogen and oxygen atoms in total. The topological polar surface area (TPSA) is 107 Å². The summed E-state index contributed by atoms with van der Waals surface area (Å²) in [5.41, 5.74) is 5.51. The molecule has 8 heteroatoms. The number of ether oxygens (including phenoxy) is 1. The maximum Gasteiger partial charge on any atom is 1.00 e. The zero-order chi connectivity index (χ0) is 21.7. The van der Waals surface area contributed by atoms with Crippen LogP contribution in [-0.2, 0) is 19.1 Å². The van der Waals surface area contributed by atoms with E-state index in [1.165, 1.54) is 77.0 Å². The molecule has 174 valence electrons. The van der Waals surface area contributed by atoms with E-state index in [9.17, 15) is 14.4 Å². The maximum absolute atomic E-state index is 11.6. The van der Waals surface area contributed by atoms with Gasteiger partial charge in [-0.05, 0) is 12.8 Å². The molecule has 0 amide bonds. The van der Waals surface area contributed by atoms with Crippen LogP contribution in [0.4, 0.5) is 0 Å². The van der Waals surface area contributed by atoms with Gasteiger partial charge in [-0.25, -0.2) is 4.79 Å². The molecule has 0 radical (unpaired) electrons. The number of esters is 2. The number of hydrogen-bond acceptors (Lipinski definition) is 5. The van der Waals surface area contributed by atoms with Gasteiger partial charge in [0, 0.05) is 12.8 Å². The first-order valence-corrected chi connectivity index (χ1v) is 11.7. The molecule has 0 aliphatic rings. The number of carboxylic acid groups (broad SMARTS) is 1. The normalized spacial score (nSPS) is 11.2. The monoisotopic (exact) mass is 493 g/mol. The van der Waals surface area contributed by atoms with Crippen molar-refractivity contribution in [2.75, 3.05) is 0 Å². The number of rotatable bonds is 20. The van der Waals surface area contributed by atoms with Gasteiger partial charge in [0.15, 0.2) is 0 Å². The van der Waals surface area contributed by atoms with Gasteiger partial charge >= 0.3 is 121 Å². The predicted molar refractivity (Wildman–Crippen MR) is 118 cm³/mol. The van der Waals surface area contributed by atoms with Gasteiger partial charge in [-0.15, -0.1) is 0 Å². The summed E-state index contributed by atoms with van der Waals surface area (Å²) in [4.78, 5) is 33.6. The van der Waals surface area contributed by atoms with Crippen LogP contribution in [-0.4, -0.2) is 29.1 Å².